The maximum Gasteiger partial charge on any atom is 0.270 e. The second kappa shape index (κ2) is 5.33. The normalized spacial score (nSPS) is 19.9. The molecule has 3 rings (SSSR count). The van der Waals surface area contributed by atoms with E-state index < -0.39 is 6.10 Å². The van der Waals surface area contributed by atoms with E-state index in [-0.39, 0.29) is 17.4 Å². The molecule has 1 fully saturated rings. The summed E-state index contributed by atoms with van der Waals surface area (Å²) in [4.78, 5) is 28.9. The van der Waals surface area contributed by atoms with Gasteiger partial charge in [-0.25, -0.2) is 0 Å². The molecular formula is C16H18N2O3. The van der Waals surface area contributed by atoms with Gasteiger partial charge >= 0.3 is 0 Å². The lowest BCUT2D eigenvalue weighted by molar-refractivity contribution is 0.0756. The number of amides is 1. The molecule has 1 aromatic heterocycles. The van der Waals surface area contributed by atoms with Crippen molar-refractivity contribution in [2.45, 2.75) is 19.4 Å². The van der Waals surface area contributed by atoms with Crippen molar-refractivity contribution in [2.24, 2.45) is 5.92 Å². The first-order valence-electron chi connectivity index (χ1n) is 7.15. The zero-order chi connectivity index (χ0) is 15.0. The molecule has 21 heavy (non-hydrogen) atoms. The first kappa shape index (κ1) is 13.8. The van der Waals surface area contributed by atoms with Crippen molar-refractivity contribution in [3.8, 4) is 0 Å². The number of hydrogen-bond donors (Lipinski definition) is 2. The molecule has 1 amide bonds. The Bertz CT molecular complexity index is 736. The molecule has 2 N–H and O–H groups in total. The van der Waals surface area contributed by atoms with Gasteiger partial charge in [-0.15, -0.1) is 0 Å². The summed E-state index contributed by atoms with van der Waals surface area (Å²) >= 11 is 0. The van der Waals surface area contributed by atoms with Crippen LogP contribution in [0.4, 0.5) is 0 Å². The van der Waals surface area contributed by atoms with Crippen LogP contribution in [0, 0.1) is 5.92 Å². The quantitative estimate of drug-likeness (QED) is 0.875. The van der Waals surface area contributed by atoms with E-state index in [4.69, 9.17) is 0 Å². The average molecular weight is 286 g/mol. The van der Waals surface area contributed by atoms with Crippen LogP contribution in [0.1, 0.15) is 23.8 Å². The molecule has 0 radical (unpaired) electrons. The molecule has 2 aromatic rings. The van der Waals surface area contributed by atoms with Gasteiger partial charge in [-0.2, -0.15) is 0 Å². The van der Waals surface area contributed by atoms with Gasteiger partial charge in [0.1, 0.15) is 5.69 Å². The van der Waals surface area contributed by atoms with Crippen molar-refractivity contribution in [3.05, 3.63) is 46.4 Å². The minimum Gasteiger partial charge on any atom is -0.393 e. The minimum absolute atomic E-state index is 0.112. The molecule has 0 aliphatic carbocycles. The summed E-state index contributed by atoms with van der Waals surface area (Å²) in [6.07, 6.45) is 0.375. The standard InChI is InChI=1S/C16H18N2O3/c1-10(19)12-6-7-18(9-12)16(21)14-8-11-4-2-3-5-13(11)15(20)17-14/h2-5,8,10,12,19H,6-7,9H2,1H3,(H,17,20). The third-order valence-corrected chi connectivity index (χ3v) is 4.18. The highest BCUT2D eigenvalue weighted by atomic mass is 16.3. The molecule has 2 atom stereocenters. The number of nitrogens with one attached hydrogen (secondary N) is 1. The predicted octanol–water partition coefficient (Wildman–Crippen LogP) is 1.37. The molecular weight excluding hydrogens is 268 g/mol. The van der Waals surface area contributed by atoms with Gasteiger partial charge in [-0.3, -0.25) is 9.59 Å². The molecule has 0 spiro atoms. The third-order valence-electron chi connectivity index (χ3n) is 4.18. The fourth-order valence-electron chi connectivity index (χ4n) is 2.86. The Morgan fingerprint density at radius 1 is 1.43 bits per heavy atom. The smallest absolute Gasteiger partial charge is 0.270 e. The van der Waals surface area contributed by atoms with E-state index in [0.717, 1.165) is 11.8 Å². The van der Waals surface area contributed by atoms with Crippen LogP contribution in [0.15, 0.2) is 35.1 Å². The number of aromatic amines is 1. The first-order valence-corrected chi connectivity index (χ1v) is 7.15. The Hall–Kier alpha value is -2.14. The van der Waals surface area contributed by atoms with Crippen molar-refractivity contribution in [2.75, 3.05) is 13.1 Å². The van der Waals surface area contributed by atoms with Crippen LogP contribution in [0.3, 0.4) is 0 Å². The molecule has 1 aromatic carbocycles. The van der Waals surface area contributed by atoms with Gasteiger partial charge in [-0.05, 0) is 30.9 Å². The molecule has 2 unspecified atom stereocenters. The van der Waals surface area contributed by atoms with E-state index in [2.05, 4.69) is 4.98 Å². The lowest BCUT2D eigenvalue weighted by Gasteiger charge is -2.17. The van der Waals surface area contributed by atoms with Gasteiger partial charge in [0.15, 0.2) is 0 Å². The molecule has 1 aliphatic heterocycles. The SMILES string of the molecule is CC(O)C1CCN(C(=O)c2cc3ccccc3c(=O)[nH]2)C1. The van der Waals surface area contributed by atoms with Crippen LogP contribution < -0.4 is 5.56 Å². The summed E-state index contributed by atoms with van der Waals surface area (Å²) in [6.45, 7) is 2.89. The molecule has 110 valence electrons. The third kappa shape index (κ3) is 2.56. The minimum atomic E-state index is -0.418. The van der Waals surface area contributed by atoms with E-state index in [1.807, 2.05) is 12.1 Å². The van der Waals surface area contributed by atoms with Gasteiger partial charge in [0.25, 0.3) is 11.5 Å². The number of aliphatic hydroxyl groups excluding tert-OH is 1. The number of hydrogen-bond acceptors (Lipinski definition) is 3. The van der Waals surface area contributed by atoms with Crippen LogP contribution in [0.5, 0.6) is 0 Å². The topological polar surface area (TPSA) is 73.4 Å². The Morgan fingerprint density at radius 3 is 2.90 bits per heavy atom. The predicted molar refractivity (Wildman–Crippen MR) is 80.3 cm³/mol. The average Bonchev–Trinajstić information content (AvgIpc) is 2.96. The van der Waals surface area contributed by atoms with Crippen LogP contribution >= 0.6 is 0 Å². The number of H-pyrrole nitrogens is 1. The number of carbonyl (C=O) groups excluding carboxylic acids is 1. The van der Waals surface area contributed by atoms with Gasteiger partial charge < -0.3 is 15.0 Å². The summed E-state index contributed by atoms with van der Waals surface area (Å²) in [5.74, 6) is -0.0675. The van der Waals surface area contributed by atoms with E-state index >= 15 is 0 Å². The Morgan fingerprint density at radius 2 is 2.19 bits per heavy atom. The number of pyridine rings is 1. The highest BCUT2D eigenvalue weighted by Gasteiger charge is 2.30. The molecule has 5 nitrogen and oxygen atoms in total. The Balaban J connectivity index is 1.91. The van der Waals surface area contributed by atoms with E-state index in [1.54, 1.807) is 30.0 Å². The van der Waals surface area contributed by atoms with E-state index in [0.29, 0.717) is 24.2 Å². The van der Waals surface area contributed by atoms with Crippen molar-refractivity contribution in [3.63, 3.8) is 0 Å². The monoisotopic (exact) mass is 286 g/mol. The molecule has 2 heterocycles. The molecule has 1 aliphatic rings. The van der Waals surface area contributed by atoms with Gasteiger partial charge in [-0.1, -0.05) is 18.2 Å². The highest BCUT2D eigenvalue weighted by molar-refractivity contribution is 5.96. The summed E-state index contributed by atoms with van der Waals surface area (Å²) < 4.78 is 0. The Labute approximate surface area is 122 Å². The maximum atomic E-state index is 12.5. The first-order chi connectivity index (χ1) is 10.1. The number of aromatic nitrogens is 1. The van der Waals surface area contributed by atoms with Crippen LogP contribution in [0.25, 0.3) is 10.8 Å². The fourth-order valence-corrected chi connectivity index (χ4v) is 2.86. The van der Waals surface area contributed by atoms with Gasteiger partial charge in [0.05, 0.1) is 6.10 Å². The largest absolute Gasteiger partial charge is 0.393 e. The summed E-state index contributed by atoms with van der Waals surface area (Å²) in [6, 6.07) is 8.92. The molecule has 0 bridgehead atoms. The molecule has 5 heteroatoms. The number of benzene rings is 1. The summed E-state index contributed by atoms with van der Waals surface area (Å²) in [5.41, 5.74) is 0.0627. The summed E-state index contributed by atoms with van der Waals surface area (Å²) in [7, 11) is 0. The number of rotatable bonds is 2. The zero-order valence-corrected chi connectivity index (χ0v) is 11.9. The number of nitrogens with zero attached hydrogens (tertiary/aromatic N) is 1. The van der Waals surface area contributed by atoms with Crippen molar-refractivity contribution < 1.29 is 9.90 Å². The molecule has 1 saturated heterocycles. The zero-order valence-electron chi connectivity index (χ0n) is 11.9. The molecule has 0 saturated carbocycles. The van der Waals surface area contributed by atoms with Crippen LogP contribution in [-0.4, -0.2) is 40.1 Å². The van der Waals surface area contributed by atoms with E-state index in [1.165, 1.54) is 0 Å². The number of carbonyl (C=O) groups is 1. The van der Waals surface area contributed by atoms with E-state index in [9.17, 15) is 14.7 Å². The van der Waals surface area contributed by atoms with Crippen molar-refractivity contribution >= 4 is 16.7 Å². The van der Waals surface area contributed by atoms with Gasteiger partial charge in [0.2, 0.25) is 0 Å². The van der Waals surface area contributed by atoms with Crippen molar-refractivity contribution in [1.82, 2.24) is 9.88 Å². The second-order valence-corrected chi connectivity index (χ2v) is 5.64. The fraction of sp³-hybridized carbons (Fsp3) is 0.375. The van der Waals surface area contributed by atoms with Gasteiger partial charge in [0, 0.05) is 24.4 Å². The number of aliphatic hydroxyl groups is 1. The van der Waals surface area contributed by atoms with Crippen LogP contribution in [-0.2, 0) is 0 Å². The van der Waals surface area contributed by atoms with Crippen LogP contribution in [0.2, 0.25) is 0 Å². The second-order valence-electron chi connectivity index (χ2n) is 5.64. The lowest BCUT2D eigenvalue weighted by atomic mass is 10.0. The summed E-state index contributed by atoms with van der Waals surface area (Å²) in [5, 5.41) is 11.0. The maximum absolute atomic E-state index is 12.5. The highest BCUT2D eigenvalue weighted by Crippen LogP contribution is 2.21. The number of likely N-dealkylation sites (tertiary alicyclic amines) is 1. The lowest BCUT2D eigenvalue weighted by Crippen LogP contribution is -2.32. The Kier molecular flexibility index (Phi) is 3.51. The number of fused-ring (bicyclic) bond motifs is 1. The van der Waals surface area contributed by atoms with Crippen molar-refractivity contribution in [1.29, 1.82) is 0 Å².